The highest BCUT2D eigenvalue weighted by Crippen LogP contribution is 2.23. The molecule has 3 aromatic rings. The van der Waals surface area contributed by atoms with Gasteiger partial charge in [0.1, 0.15) is 23.0 Å². The first kappa shape index (κ1) is 24.9. The van der Waals surface area contributed by atoms with E-state index < -0.39 is 34.4 Å². The van der Waals surface area contributed by atoms with E-state index in [1.807, 2.05) is 0 Å². The Balaban J connectivity index is 0.000000837. The molecule has 32 heavy (non-hydrogen) atoms. The lowest BCUT2D eigenvalue weighted by Gasteiger charge is -2.14. The molecule has 0 fully saturated rings. The maximum absolute atomic E-state index is 14.5. The molecule has 0 saturated heterocycles. The number of rotatable bonds is 6. The summed E-state index contributed by atoms with van der Waals surface area (Å²) in [6, 6.07) is 5.12. The number of anilines is 1. The van der Waals surface area contributed by atoms with Crippen molar-refractivity contribution in [2.24, 2.45) is 5.92 Å². The number of pyridine rings is 1. The molecule has 0 aliphatic heterocycles. The quantitative estimate of drug-likeness (QED) is 0.518. The molecule has 0 unspecified atom stereocenters. The minimum absolute atomic E-state index is 0.0376. The number of aliphatic hydroxyl groups is 1. The topological polar surface area (TPSA) is 91.6 Å². The molecule has 0 radical (unpaired) electrons. The Hall–Kier alpha value is -3.33. The highest BCUT2D eigenvalue weighted by molar-refractivity contribution is 5.93. The van der Waals surface area contributed by atoms with E-state index in [9.17, 15) is 27.9 Å². The molecule has 0 atom stereocenters. The van der Waals surface area contributed by atoms with E-state index in [-0.39, 0.29) is 41.9 Å². The summed E-state index contributed by atoms with van der Waals surface area (Å²) in [6.07, 6.45) is 1.05. The summed E-state index contributed by atoms with van der Waals surface area (Å²) in [5.41, 5.74) is -1.29. The molecule has 0 aliphatic carbocycles. The number of nitrogens with zero attached hydrogens (tertiary/aromatic N) is 1. The van der Waals surface area contributed by atoms with Crippen LogP contribution < -0.4 is 10.7 Å². The number of fused-ring (bicyclic) bond motifs is 1. The van der Waals surface area contributed by atoms with E-state index >= 15 is 0 Å². The fourth-order valence-electron chi connectivity index (χ4n) is 2.85. The summed E-state index contributed by atoms with van der Waals surface area (Å²) in [5, 5.41) is 20.9. The minimum Gasteiger partial charge on any atom is -0.477 e. The van der Waals surface area contributed by atoms with Gasteiger partial charge in [-0.25, -0.2) is 18.0 Å². The molecule has 1 heterocycles. The van der Waals surface area contributed by atoms with Gasteiger partial charge in [-0.3, -0.25) is 4.79 Å². The van der Waals surface area contributed by atoms with Crippen molar-refractivity contribution in [3.8, 4) is 0 Å². The molecule has 6 nitrogen and oxygen atoms in total. The molecule has 0 spiro atoms. The largest absolute Gasteiger partial charge is 0.477 e. The lowest BCUT2D eigenvalue weighted by Crippen LogP contribution is -2.20. The van der Waals surface area contributed by atoms with Crippen molar-refractivity contribution in [3.05, 3.63) is 75.3 Å². The molecule has 0 saturated carbocycles. The summed E-state index contributed by atoms with van der Waals surface area (Å²) in [4.78, 5) is 23.8. The van der Waals surface area contributed by atoms with Gasteiger partial charge in [0.2, 0.25) is 5.43 Å². The number of nitrogens with one attached hydrogen (secondary N) is 1. The lowest BCUT2D eigenvalue weighted by molar-refractivity contribution is 0.0694. The van der Waals surface area contributed by atoms with E-state index in [2.05, 4.69) is 26.1 Å². The van der Waals surface area contributed by atoms with E-state index in [1.165, 1.54) is 10.6 Å². The Morgan fingerprint density at radius 2 is 1.75 bits per heavy atom. The second-order valence-corrected chi connectivity index (χ2v) is 7.76. The maximum Gasteiger partial charge on any atom is 0.341 e. The average molecular weight is 450 g/mol. The van der Waals surface area contributed by atoms with Crippen molar-refractivity contribution in [1.82, 2.24) is 4.57 Å². The molecule has 3 N–H and O–H groups in total. The highest BCUT2D eigenvalue weighted by atomic mass is 19.1. The first-order valence-corrected chi connectivity index (χ1v) is 9.93. The molecule has 172 valence electrons. The van der Waals surface area contributed by atoms with Crippen molar-refractivity contribution in [2.45, 2.75) is 33.9 Å². The highest BCUT2D eigenvalue weighted by Gasteiger charge is 2.17. The van der Waals surface area contributed by atoms with E-state index in [1.54, 1.807) is 0 Å². The number of hydrogen-bond donors (Lipinski definition) is 3. The zero-order valence-corrected chi connectivity index (χ0v) is 18.0. The summed E-state index contributed by atoms with van der Waals surface area (Å²) < 4.78 is 42.5. The number of carboxylic acid groups (broad SMARTS) is 1. The number of carbonyl (C=O) groups is 1. The van der Waals surface area contributed by atoms with E-state index in [0.29, 0.717) is 6.07 Å². The molecule has 9 heteroatoms. The van der Waals surface area contributed by atoms with Gasteiger partial charge in [-0.05, 0) is 18.1 Å². The summed E-state index contributed by atoms with van der Waals surface area (Å²) in [5.74, 6) is -2.94. The van der Waals surface area contributed by atoms with Crippen LogP contribution in [0.25, 0.3) is 10.9 Å². The zero-order chi connectivity index (χ0) is 24.0. The summed E-state index contributed by atoms with van der Waals surface area (Å²) in [6.45, 7) is 5.94. The first-order chi connectivity index (χ1) is 15.0. The smallest absolute Gasteiger partial charge is 0.341 e. The predicted molar refractivity (Wildman–Crippen MR) is 116 cm³/mol. The van der Waals surface area contributed by atoms with Crippen LogP contribution in [0.15, 0.2) is 41.3 Å². The number of hydrogen-bond acceptors (Lipinski definition) is 4. The number of aliphatic hydroxyl groups excluding tert-OH is 1. The van der Waals surface area contributed by atoms with Gasteiger partial charge in [0.25, 0.3) is 0 Å². The molecule has 0 amide bonds. The maximum atomic E-state index is 14.5. The van der Waals surface area contributed by atoms with Crippen LogP contribution in [0.5, 0.6) is 0 Å². The third kappa shape index (κ3) is 6.10. The molecule has 3 rings (SSSR count). The Bertz CT molecular complexity index is 1170. The van der Waals surface area contributed by atoms with Gasteiger partial charge in [-0.15, -0.1) is 0 Å². The standard InChI is InChI=1S/C19H15F3N2O4.C4H10/c20-11-2-1-10(14(21)5-11)8-23-16-6-12-17(7-15(16)22)24(3-4-25)9-13(18(12)26)19(27)28;1-4(2)3/h1-2,5-7,9,23,25H,3-4,8H2,(H,27,28);4H,1-3H3. The minimum atomic E-state index is -1.45. The monoisotopic (exact) mass is 450 g/mol. The van der Waals surface area contributed by atoms with Crippen LogP contribution in [-0.4, -0.2) is 27.4 Å². The van der Waals surface area contributed by atoms with Gasteiger partial charge in [0, 0.05) is 42.4 Å². The third-order valence-electron chi connectivity index (χ3n) is 4.22. The van der Waals surface area contributed by atoms with Crippen molar-refractivity contribution in [3.63, 3.8) is 0 Å². The second kappa shape index (κ2) is 10.8. The SMILES string of the molecule is CC(C)C.O=C(O)c1cn(CCO)c2cc(F)c(NCc3ccc(F)cc3F)cc2c1=O. The van der Waals surface area contributed by atoms with Crippen LogP contribution in [-0.2, 0) is 13.1 Å². The number of carboxylic acids is 1. The number of benzene rings is 2. The predicted octanol–water partition coefficient (Wildman–Crippen LogP) is 4.38. The number of halogens is 3. The molecule has 0 aliphatic rings. The van der Waals surface area contributed by atoms with Gasteiger partial charge < -0.3 is 20.1 Å². The van der Waals surface area contributed by atoms with Crippen molar-refractivity contribution in [2.75, 3.05) is 11.9 Å². The first-order valence-electron chi connectivity index (χ1n) is 9.93. The van der Waals surface area contributed by atoms with Gasteiger partial charge >= 0.3 is 5.97 Å². The Kier molecular flexibility index (Phi) is 8.42. The lowest BCUT2D eigenvalue weighted by atomic mass is 10.1. The molecular weight excluding hydrogens is 425 g/mol. The van der Waals surface area contributed by atoms with Gasteiger partial charge in [0.05, 0.1) is 17.8 Å². The van der Waals surface area contributed by atoms with Crippen LogP contribution in [0.3, 0.4) is 0 Å². The van der Waals surface area contributed by atoms with Gasteiger partial charge in [-0.2, -0.15) is 0 Å². The average Bonchev–Trinajstić information content (AvgIpc) is 2.69. The second-order valence-electron chi connectivity index (χ2n) is 7.76. The van der Waals surface area contributed by atoms with Crippen molar-refractivity contribution in [1.29, 1.82) is 0 Å². The van der Waals surface area contributed by atoms with Crippen molar-refractivity contribution < 1.29 is 28.2 Å². The normalized spacial score (nSPS) is 10.8. The molecule has 2 aromatic carbocycles. The Morgan fingerprint density at radius 3 is 2.31 bits per heavy atom. The number of aromatic nitrogens is 1. The Morgan fingerprint density at radius 1 is 1.09 bits per heavy atom. The van der Waals surface area contributed by atoms with Crippen LogP contribution in [0, 0.1) is 23.4 Å². The fraction of sp³-hybridized carbons (Fsp3) is 0.304. The summed E-state index contributed by atoms with van der Waals surface area (Å²) >= 11 is 0. The summed E-state index contributed by atoms with van der Waals surface area (Å²) in [7, 11) is 0. The fourth-order valence-corrected chi connectivity index (χ4v) is 2.85. The van der Waals surface area contributed by atoms with Crippen LogP contribution in [0.4, 0.5) is 18.9 Å². The van der Waals surface area contributed by atoms with E-state index in [4.69, 9.17) is 5.11 Å². The van der Waals surface area contributed by atoms with Crippen LogP contribution in [0.2, 0.25) is 0 Å². The molecule has 0 bridgehead atoms. The zero-order valence-electron chi connectivity index (χ0n) is 18.0. The van der Waals surface area contributed by atoms with E-state index in [0.717, 1.165) is 30.3 Å². The third-order valence-corrected chi connectivity index (χ3v) is 4.22. The van der Waals surface area contributed by atoms with Crippen molar-refractivity contribution >= 4 is 22.6 Å². The molecule has 1 aromatic heterocycles. The van der Waals surface area contributed by atoms with Crippen LogP contribution in [0.1, 0.15) is 36.7 Å². The van der Waals surface area contributed by atoms with Crippen LogP contribution >= 0.6 is 0 Å². The van der Waals surface area contributed by atoms with Gasteiger partial charge in [-0.1, -0.05) is 26.8 Å². The number of aromatic carboxylic acids is 1. The van der Waals surface area contributed by atoms with Gasteiger partial charge in [0.15, 0.2) is 0 Å². The Labute approximate surface area is 182 Å². The molecular formula is C23H25F3N2O4.